The standard InChI is InChI=1S/C20H27N7O.C2H6/c1-19(2)8-12(9-20(3,4)27-19)23-18-14(21)6-16(25-26-18)13-5-11-10-22-24-15(11)7-17(13)28;1-2/h5-7,10,12,27-28H,8-9H2,1-4H3,(H2,21,25)(H,22,24)(H,23,26);1-2H3. The van der Waals surface area contributed by atoms with Gasteiger partial charge in [-0.25, -0.2) is 0 Å². The van der Waals surface area contributed by atoms with Crippen LogP contribution in [0.1, 0.15) is 54.4 Å². The first kappa shape index (κ1) is 21.8. The Balaban J connectivity index is 0.00000124. The number of aromatic hydroxyl groups is 1. The maximum atomic E-state index is 10.3. The molecule has 1 aliphatic heterocycles. The van der Waals surface area contributed by atoms with Gasteiger partial charge in [-0.05, 0) is 52.7 Å². The van der Waals surface area contributed by atoms with Crippen molar-refractivity contribution in [2.75, 3.05) is 11.1 Å². The van der Waals surface area contributed by atoms with Gasteiger partial charge in [-0.15, -0.1) is 10.2 Å². The molecule has 0 atom stereocenters. The van der Waals surface area contributed by atoms with Crippen LogP contribution in [0.2, 0.25) is 0 Å². The highest BCUT2D eigenvalue weighted by atomic mass is 16.3. The van der Waals surface area contributed by atoms with E-state index in [9.17, 15) is 5.11 Å². The van der Waals surface area contributed by atoms with Gasteiger partial charge in [0.15, 0.2) is 5.82 Å². The van der Waals surface area contributed by atoms with Crippen molar-refractivity contribution >= 4 is 22.4 Å². The molecule has 8 nitrogen and oxygen atoms in total. The smallest absolute Gasteiger partial charge is 0.172 e. The maximum Gasteiger partial charge on any atom is 0.172 e. The third-order valence-electron chi connectivity index (χ3n) is 5.19. The summed E-state index contributed by atoms with van der Waals surface area (Å²) >= 11 is 0. The molecule has 3 heterocycles. The molecule has 1 aromatic carbocycles. The van der Waals surface area contributed by atoms with Crippen LogP contribution in [-0.4, -0.2) is 42.6 Å². The van der Waals surface area contributed by atoms with Gasteiger partial charge >= 0.3 is 0 Å². The molecule has 8 heteroatoms. The van der Waals surface area contributed by atoms with Gasteiger partial charge in [-0.3, -0.25) is 5.10 Å². The van der Waals surface area contributed by atoms with E-state index < -0.39 is 0 Å². The normalized spacial score (nSPS) is 17.9. The second-order valence-corrected chi connectivity index (χ2v) is 9.00. The van der Waals surface area contributed by atoms with Crippen molar-refractivity contribution in [3.63, 3.8) is 0 Å². The average Bonchev–Trinajstić information content (AvgIpc) is 3.09. The van der Waals surface area contributed by atoms with E-state index in [0.29, 0.717) is 22.8 Å². The number of aromatic nitrogens is 4. The van der Waals surface area contributed by atoms with E-state index >= 15 is 0 Å². The van der Waals surface area contributed by atoms with E-state index in [2.05, 4.69) is 58.7 Å². The van der Waals surface area contributed by atoms with Crippen LogP contribution in [0, 0.1) is 0 Å². The summed E-state index contributed by atoms with van der Waals surface area (Å²) in [5, 5.41) is 33.8. The van der Waals surface area contributed by atoms with Crippen molar-refractivity contribution in [1.29, 1.82) is 0 Å². The number of phenols is 1. The molecule has 0 unspecified atom stereocenters. The van der Waals surface area contributed by atoms with Crippen molar-refractivity contribution in [3.8, 4) is 17.0 Å². The van der Waals surface area contributed by atoms with Gasteiger partial charge in [0.1, 0.15) is 5.75 Å². The summed E-state index contributed by atoms with van der Waals surface area (Å²) in [4.78, 5) is 0. The van der Waals surface area contributed by atoms with Crippen LogP contribution in [0.4, 0.5) is 11.5 Å². The Morgan fingerprint density at radius 1 is 1.07 bits per heavy atom. The zero-order valence-electron chi connectivity index (χ0n) is 18.7. The number of hydrogen-bond donors (Lipinski definition) is 5. The molecule has 0 spiro atoms. The topological polar surface area (TPSA) is 125 Å². The Labute approximate surface area is 177 Å². The second kappa shape index (κ2) is 8.10. The number of H-pyrrole nitrogens is 1. The number of phenolic OH excluding ortho intramolecular Hbond substituents is 1. The highest BCUT2D eigenvalue weighted by Gasteiger charge is 2.37. The summed E-state index contributed by atoms with van der Waals surface area (Å²) in [6.07, 6.45) is 3.61. The number of anilines is 2. The lowest BCUT2D eigenvalue weighted by Crippen LogP contribution is -2.60. The van der Waals surface area contributed by atoms with E-state index in [1.165, 1.54) is 0 Å². The fourth-order valence-electron chi connectivity index (χ4n) is 4.45. The maximum absolute atomic E-state index is 10.3. The first-order valence-electron chi connectivity index (χ1n) is 10.5. The molecule has 162 valence electrons. The van der Waals surface area contributed by atoms with Crippen LogP contribution in [-0.2, 0) is 0 Å². The summed E-state index contributed by atoms with van der Waals surface area (Å²) in [7, 11) is 0. The van der Waals surface area contributed by atoms with E-state index in [1.54, 1.807) is 18.3 Å². The summed E-state index contributed by atoms with van der Waals surface area (Å²) in [6, 6.07) is 5.43. The van der Waals surface area contributed by atoms with E-state index in [4.69, 9.17) is 5.73 Å². The molecular formula is C22H33N7O. The van der Waals surface area contributed by atoms with Crippen molar-refractivity contribution in [1.82, 2.24) is 25.7 Å². The van der Waals surface area contributed by atoms with Crippen molar-refractivity contribution in [3.05, 3.63) is 24.4 Å². The molecule has 0 amide bonds. The SMILES string of the molecule is CC.CC1(C)CC(Nc2nnc(-c3cc4cn[nH]c4cc3O)cc2N)CC(C)(C)N1. The monoisotopic (exact) mass is 411 g/mol. The number of benzene rings is 1. The van der Waals surface area contributed by atoms with Gasteiger partial charge in [0.05, 0.1) is 23.1 Å². The fourth-order valence-corrected chi connectivity index (χ4v) is 4.45. The summed E-state index contributed by atoms with van der Waals surface area (Å²) in [5.74, 6) is 0.680. The lowest BCUT2D eigenvalue weighted by atomic mass is 9.79. The van der Waals surface area contributed by atoms with E-state index in [1.807, 2.05) is 19.9 Å². The second-order valence-electron chi connectivity index (χ2n) is 9.00. The molecule has 1 aliphatic rings. The predicted octanol–water partition coefficient (Wildman–Crippen LogP) is 4.06. The Bertz CT molecular complexity index is 1010. The van der Waals surface area contributed by atoms with Crippen LogP contribution >= 0.6 is 0 Å². The third-order valence-corrected chi connectivity index (χ3v) is 5.19. The Morgan fingerprint density at radius 3 is 2.37 bits per heavy atom. The van der Waals surface area contributed by atoms with Crippen molar-refractivity contribution in [2.24, 2.45) is 0 Å². The van der Waals surface area contributed by atoms with Gasteiger partial charge in [0.2, 0.25) is 0 Å². The number of piperidine rings is 1. The largest absolute Gasteiger partial charge is 0.507 e. The molecule has 0 bridgehead atoms. The minimum Gasteiger partial charge on any atom is -0.507 e. The minimum atomic E-state index is 0.0212. The van der Waals surface area contributed by atoms with Gasteiger partial charge in [-0.2, -0.15) is 5.10 Å². The van der Waals surface area contributed by atoms with Crippen LogP contribution in [0.3, 0.4) is 0 Å². The molecule has 3 aromatic rings. The number of nitrogens with one attached hydrogen (secondary N) is 3. The number of rotatable bonds is 3. The van der Waals surface area contributed by atoms with Crippen LogP contribution in [0.5, 0.6) is 5.75 Å². The Hall–Kier alpha value is -2.87. The molecule has 0 radical (unpaired) electrons. The molecular weight excluding hydrogens is 378 g/mol. The van der Waals surface area contributed by atoms with Gasteiger partial charge in [-0.1, -0.05) is 13.8 Å². The zero-order chi connectivity index (χ0) is 22.1. The number of fused-ring (bicyclic) bond motifs is 1. The molecule has 30 heavy (non-hydrogen) atoms. The number of nitrogens with two attached hydrogens (primary N) is 1. The van der Waals surface area contributed by atoms with Gasteiger partial charge in [0, 0.05) is 34.1 Å². The molecule has 0 aliphatic carbocycles. The van der Waals surface area contributed by atoms with Crippen LogP contribution < -0.4 is 16.4 Å². The summed E-state index contributed by atoms with van der Waals surface area (Å²) in [5.41, 5.74) is 8.68. The highest BCUT2D eigenvalue weighted by Crippen LogP contribution is 2.34. The third kappa shape index (κ3) is 4.64. The first-order valence-corrected chi connectivity index (χ1v) is 10.5. The zero-order valence-corrected chi connectivity index (χ0v) is 18.7. The Morgan fingerprint density at radius 2 is 1.73 bits per heavy atom. The average molecular weight is 412 g/mol. The number of hydrogen-bond acceptors (Lipinski definition) is 7. The van der Waals surface area contributed by atoms with Crippen molar-refractivity contribution < 1.29 is 5.11 Å². The molecule has 1 saturated heterocycles. The quantitative estimate of drug-likeness (QED) is 0.440. The molecule has 6 N–H and O–H groups in total. The van der Waals surface area contributed by atoms with Gasteiger partial charge < -0.3 is 21.5 Å². The number of nitrogens with zero attached hydrogens (tertiary/aromatic N) is 3. The fraction of sp³-hybridized carbons (Fsp3) is 0.500. The number of aromatic amines is 1. The predicted molar refractivity (Wildman–Crippen MR) is 122 cm³/mol. The van der Waals surface area contributed by atoms with Crippen molar-refractivity contribution in [2.45, 2.75) is 71.5 Å². The van der Waals surface area contributed by atoms with Gasteiger partial charge in [0.25, 0.3) is 0 Å². The lowest BCUT2D eigenvalue weighted by Gasteiger charge is -2.46. The van der Waals surface area contributed by atoms with Crippen LogP contribution in [0.15, 0.2) is 24.4 Å². The lowest BCUT2D eigenvalue weighted by molar-refractivity contribution is 0.170. The molecule has 2 aromatic heterocycles. The van der Waals surface area contributed by atoms with E-state index in [-0.39, 0.29) is 22.9 Å². The highest BCUT2D eigenvalue weighted by molar-refractivity contribution is 5.87. The first-order chi connectivity index (χ1) is 14.1. The Kier molecular flexibility index (Phi) is 5.90. The minimum absolute atomic E-state index is 0.0212. The molecule has 0 saturated carbocycles. The molecule has 1 fully saturated rings. The summed E-state index contributed by atoms with van der Waals surface area (Å²) in [6.45, 7) is 12.8. The molecule has 4 rings (SSSR count). The van der Waals surface area contributed by atoms with E-state index in [0.717, 1.165) is 23.7 Å². The van der Waals surface area contributed by atoms with Crippen LogP contribution in [0.25, 0.3) is 22.2 Å². The summed E-state index contributed by atoms with van der Waals surface area (Å²) < 4.78 is 0. The number of nitrogen functional groups attached to an aromatic ring is 1.